The fourth-order valence-corrected chi connectivity index (χ4v) is 7.50. The molecule has 0 spiro atoms. The van der Waals surface area contributed by atoms with Crippen LogP contribution < -0.4 is 20.7 Å². The molecule has 4 aromatic heterocycles. The standard InChI is InChI=1S/C35H38N8O4/c1-22-16-40(26-20-47-21-26)11-12-41(22)25-6-7-32(37-15-25)38-30-13-23(17-39(2)35(30)46)27-8-9-36-33(29(27)19-44)43-18-31-28(34(43)45)14-24-5-3-4-10-42(24)31/h6-9,13-15,17,19,22,26H,3-5,10-12,16,18,20-21H2,1-2H3,(H,37,38)/t22-/m0/s1. The number of piperazine rings is 1. The minimum atomic E-state index is -0.231. The minimum Gasteiger partial charge on any atom is -0.378 e. The Labute approximate surface area is 272 Å². The lowest BCUT2D eigenvalue weighted by atomic mass is 10.0. The van der Waals surface area contributed by atoms with Crippen molar-refractivity contribution < 1.29 is 14.3 Å². The monoisotopic (exact) mass is 634 g/mol. The zero-order valence-electron chi connectivity index (χ0n) is 26.7. The fourth-order valence-electron chi connectivity index (χ4n) is 7.50. The summed E-state index contributed by atoms with van der Waals surface area (Å²) in [6, 6.07) is 10.3. The van der Waals surface area contributed by atoms with Crippen molar-refractivity contribution in [2.75, 3.05) is 48.0 Å². The van der Waals surface area contributed by atoms with Crippen LogP contribution in [0.3, 0.4) is 0 Å². The van der Waals surface area contributed by atoms with Gasteiger partial charge in [0.15, 0.2) is 6.29 Å². The Kier molecular flexibility index (Phi) is 7.41. The number of nitrogens with zero attached hydrogens (tertiary/aromatic N) is 7. The number of fused-ring (bicyclic) bond motifs is 3. The second-order valence-corrected chi connectivity index (χ2v) is 13.0. The van der Waals surface area contributed by atoms with Crippen molar-refractivity contribution in [3.8, 4) is 11.1 Å². The van der Waals surface area contributed by atoms with Gasteiger partial charge in [0.05, 0.1) is 54.5 Å². The summed E-state index contributed by atoms with van der Waals surface area (Å²) in [7, 11) is 1.67. The van der Waals surface area contributed by atoms with E-state index >= 15 is 0 Å². The molecule has 8 rings (SSSR count). The molecule has 1 amide bonds. The van der Waals surface area contributed by atoms with E-state index in [0.717, 1.165) is 76.3 Å². The van der Waals surface area contributed by atoms with Crippen LogP contribution in [0.4, 0.5) is 23.0 Å². The quantitative estimate of drug-likeness (QED) is 0.304. The lowest BCUT2D eigenvalue weighted by Crippen LogP contribution is -2.59. The number of amides is 1. The lowest BCUT2D eigenvalue weighted by Gasteiger charge is -2.46. The third-order valence-electron chi connectivity index (χ3n) is 10.1. The van der Waals surface area contributed by atoms with Crippen LogP contribution >= 0.6 is 0 Å². The number of hydrogen-bond acceptors (Lipinski definition) is 9. The first-order chi connectivity index (χ1) is 22.9. The van der Waals surface area contributed by atoms with Gasteiger partial charge in [0.25, 0.3) is 11.5 Å². The van der Waals surface area contributed by atoms with Crippen LogP contribution in [-0.2, 0) is 31.3 Å². The summed E-state index contributed by atoms with van der Waals surface area (Å²) < 4.78 is 9.11. The third kappa shape index (κ3) is 5.12. The molecule has 2 fully saturated rings. The van der Waals surface area contributed by atoms with Crippen LogP contribution in [0.2, 0.25) is 0 Å². The average Bonchev–Trinajstić information content (AvgIpc) is 3.58. The second kappa shape index (κ2) is 11.8. The van der Waals surface area contributed by atoms with Gasteiger partial charge in [0.1, 0.15) is 17.3 Å². The molecule has 2 saturated heterocycles. The first-order valence-corrected chi connectivity index (χ1v) is 16.4. The molecule has 4 aromatic rings. The SMILES string of the molecule is C[C@H]1CN(C2COC2)CCN1c1ccc(Nc2cc(-c3ccnc(N4Cc5c(cc6n5CCCC6)C4=O)c3C=O)cn(C)c2=O)nc1. The molecule has 0 aliphatic carbocycles. The predicted molar refractivity (Wildman–Crippen MR) is 179 cm³/mol. The summed E-state index contributed by atoms with van der Waals surface area (Å²) in [6.07, 6.45) is 9.08. The van der Waals surface area contributed by atoms with Gasteiger partial charge in [-0.05, 0) is 62.1 Å². The summed E-state index contributed by atoms with van der Waals surface area (Å²) in [5, 5.41) is 3.20. The van der Waals surface area contributed by atoms with Crippen molar-refractivity contribution in [2.45, 2.75) is 51.4 Å². The topological polar surface area (TPSA) is 118 Å². The molecule has 4 aliphatic heterocycles. The van der Waals surface area contributed by atoms with E-state index in [4.69, 9.17) is 4.74 Å². The van der Waals surface area contributed by atoms with Crippen LogP contribution in [0.15, 0.2) is 53.7 Å². The van der Waals surface area contributed by atoms with Crippen LogP contribution in [0, 0.1) is 0 Å². The van der Waals surface area contributed by atoms with Crippen molar-refractivity contribution in [3.63, 3.8) is 0 Å². The molecular formula is C35H38N8O4. The van der Waals surface area contributed by atoms with Crippen LogP contribution in [-0.4, -0.2) is 81.1 Å². The molecule has 242 valence electrons. The Morgan fingerprint density at radius 1 is 1.02 bits per heavy atom. The number of aldehydes is 1. The highest BCUT2D eigenvalue weighted by Crippen LogP contribution is 2.36. The first kappa shape index (κ1) is 29.6. The fraction of sp³-hybridized carbons (Fsp3) is 0.400. The average molecular weight is 635 g/mol. The molecule has 1 N–H and O–H groups in total. The highest BCUT2D eigenvalue weighted by Gasteiger charge is 2.36. The number of nitrogens with one attached hydrogen (secondary N) is 1. The molecule has 1 atom stereocenters. The van der Waals surface area contributed by atoms with Crippen molar-refractivity contribution in [3.05, 3.63) is 81.8 Å². The molecule has 47 heavy (non-hydrogen) atoms. The first-order valence-electron chi connectivity index (χ1n) is 16.4. The van der Waals surface area contributed by atoms with Gasteiger partial charge in [0, 0.05) is 62.9 Å². The smallest absolute Gasteiger partial charge is 0.274 e. The van der Waals surface area contributed by atoms with E-state index in [2.05, 4.69) is 36.6 Å². The Balaban J connectivity index is 1.04. The molecular weight excluding hydrogens is 596 g/mol. The van der Waals surface area contributed by atoms with E-state index in [1.807, 2.05) is 24.4 Å². The van der Waals surface area contributed by atoms with E-state index in [1.165, 1.54) is 10.3 Å². The predicted octanol–water partition coefficient (Wildman–Crippen LogP) is 3.61. The molecule has 0 bridgehead atoms. The number of pyridine rings is 3. The largest absolute Gasteiger partial charge is 0.378 e. The number of hydrogen-bond donors (Lipinski definition) is 1. The number of carbonyl (C=O) groups excluding carboxylic acids is 2. The van der Waals surface area contributed by atoms with E-state index in [1.54, 1.807) is 36.5 Å². The van der Waals surface area contributed by atoms with Crippen LogP contribution in [0.25, 0.3) is 11.1 Å². The van der Waals surface area contributed by atoms with Gasteiger partial charge < -0.3 is 24.1 Å². The summed E-state index contributed by atoms with van der Waals surface area (Å²) in [6.45, 7) is 8.04. The van der Waals surface area contributed by atoms with Crippen LogP contribution in [0.1, 0.15) is 51.9 Å². The van der Waals surface area contributed by atoms with E-state index in [9.17, 15) is 14.4 Å². The summed E-state index contributed by atoms with van der Waals surface area (Å²) >= 11 is 0. The number of anilines is 4. The Hall–Kier alpha value is -4.81. The molecule has 0 radical (unpaired) electrons. The van der Waals surface area contributed by atoms with E-state index < -0.39 is 0 Å². The van der Waals surface area contributed by atoms with Gasteiger partial charge in [0.2, 0.25) is 0 Å². The van der Waals surface area contributed by atoms with Crippen molar-refractivity contribution in [1.29, 1.82) is 0 Å². The van der Waals surface area contributed by atoms with Gasteiger partial charge >= 0.3 is 0 Å². The van der Waals surface area contributed by atoms with Crippen molar-refractivity contribution in [2.24, 2.45) is 7.05 Å². The zero-order chi connectivity index (χ0) is 32.2. The minimum absolute atomic E-state index is 0.142. The maximum absolute atomic E-state index is 13.6. The van der Waals surface area contributed by atoms with Gasteiger partial charge in [-0.15, -0.1) is 0 Å². The molecule has 8 heterocycles. The van der Waals surface area contributed by atoms with Gasteiger partial charge in [-0.2, -0.15) is 0 Å². The lowest BCUT2D eigenvalue weighted by molar-refractivity contribution is -0.0691. The number of carbonyl (C=O) groups is 2. The highest BCUT2D eigenvalue weighted by atomic mass is 16.5. The van der Waals surface area contributed by atoms with E-state index in [0.29, 0.717) is 58.2 Å². The summed E-state index contributed by atoms with van der Waals surface area (Å²) in [5.41, 5.74) is 5.55. The summed E-state index contributed by atoms with van der Waals surface area (Å²) in [5.74, 6) is 0.720. The van der Waals surface area contributed by atoms with E-state index in [-0.39, 0.29) is 11.5 Å². The highest BCUT2D eigenvalue weighted by molar-refractivity contribution is 6.12. The van der Waals surface area contributed by atoms with Gasteiger partial charge in [-0.25, -0.2) is 9.97 Å². The summed E-state index contributed by atoms with van der Waals surface area (Å²) in [4.78, 5) is 55.0. The molecule has 0 aromatic carbocycles. The van der Waals surface area contributed by atoms with Crippen molar-refractivity contribution in [1.82, 2.24) is 24.0 Å². The Bertz CT molecular complexity index is 1930. The maximum atomic E-state index is 13.6. The normalized spacial score (nSPS) is 19.8. The van der Waals surface area contributed by atoms with Crippen LogP contribution in [0.5, 0.6) is 0 Å². The Morgan fingerprint density at radius 3 is 2.64 bits per heavy atom. The van der Waals surface area contributed by atoms with Gasteiger partial charge in [-0.3, -0.25) is 24.2 Å². The zero-order valence-corrected chi connectivity index (χ0v) is 26.7. The molecule has 0 unspecified atom stereocenters. The molecule has 0 saturated carbocycles. The Morgan fingerprint density at radius 2 is 1.89 bits per heavy atom. The molecule has 12 nitrogen and oxygen atoms in total. The third-order valence-corrected chi connectivity index (χ3v) is 10.1. The van der Waals surface area contributed by atoms with Crippen molar-refractivity contribution >= 4 is 35.2 Å². The number of aromatic nitrogens is 4. The number of aryl methyl sites for hydroxylation is 2. The van der Waals surface area contributed by atoms with Gasteiger partial charge in [-0.1, -0.05) is 0 Å². The molecule has 12 heteroatoms. The maximum Gasteiger partial charge on any atom is 0.274 e. The second-order valence-electron chi connectivity index (χ2n) is 13.0. The number of ether oxygens (including phenoxy) is 1. The number of rotatable bonds is 7. The molecule has 4 aliphatic rings.